The molecule has 0 saturated heterocycles. The van der Waals surface area contributed by atoms with Crippen molar-refractivity contribution in [1.29, 1.82) is 0 Å². The lowest BCUT2D eigenvalue weighted by atomic mass is 10.1. The Bertz CT molecular complexity index is 562. The van der Waals surface area contributed by atoms with E-state index in [1.807, 2.05) is 13.0 Å². The van der Waals surface area contributed by atoms with Gasteiger partial charge in [0.2, 0.25) is 0 Å². The van der Waals surface area contributed by atoms with Crippen LogP contribution in [-0.2, 0) is 0 Å². The summed E-state index contributed by atoms with van der Waals surface area (Å²) in [4.78, 5) is 4.11. The molecule has 0 aliphatic carbocycles. The van der Waals surface area contributed by atoms with Crippen molar-refractivity contribution in [3.05, 3.63) is 57.4 Å². The largest absolute Gasteiger partial charge is 0.363 e. The molecule has 1 unspecified atom stereocenters. The fraction of sp³-hybridized carbons (Fsp3) is 0.154. The van der Waals surface area contributed by atoms with Gasteiger partial charge in [-0.05, 0) is 31.2 Å². The normalized spacial score (nSPS) is 12.2. The fourth-order valence-electron chi connectivity index (χ4n) is 1.64. The average Bonchev–Trinajstić information content (AvgIpc) is 2.28. The Labute approximate surface area is 118 Å². The number of hydrogen-bond acceptors (Lipinski definition) is 2. The lowest BCUT2D eigenvalue weighted by Crippen LogP contribution is -2.09. The molecule has 0 fully saturated rings. The molecule has 1 N–H and O–H groups in total. The number of benzene rings is 1. The van der Waals surface area contributed by atoms with Gasteiger partial charge in [-0.3, -0.25) is 0 Å². The molecule has 0 bridgehead atoms. The molecular formula is C13H11BrClFN2. The zero-order chi connectivity index (χ0) is 13.1. The van der Waals surface area contributed by atoms with Gasteiger partial charge in [-0.1, -0.05) is 39.7 Å². The van der Waals surface area contributed by atoms with E-state index in [9.17, 15) is 4.39 Å². The van der Waals surface area contributed by atoms with Crippen molar-refractivity contribution in [2.24, 2.45) is 0 Å². The Balaban J connectivity index is 2.19. The molecule has 2 nitrogen and oxygen atoms in total. The summed E-state index contributed by atoms with van der Waals surface area (Å²) in [6.45, 7) is 1.87. The van der Waals surface area contributed by atoms with Crippen LogP contribution >= 0.6 is 27.5 Å². The van der Waals surface area contributed by atoms with Crippen LogP contribution in [0.1, 0.15) is 18.5 Å². The lowest BCUT2D eigenvalue weighted by Gasteiger charge is -2.15. The number of rotatable bonds is 3. The van der Waals surface area contributed by atoms with Crippen molar-refractivity contribution in [1.82, 2.24) is 4.98 Å². The van der Waals surface area contributed by atoms with Gasteiger partial charge in [0.05, 0.1) is 6.04 Å². The molecule has 0 amide bonds. The van der Waals surface area contributed by atoms with E-state index in [0.717, 1.165) is 4.47 Å². The minimum absolute atomic E-state index is 0.191. The first-order chi connectivity index (χ1) is 8.56. The molecule has 1 aromatic heterocycles. The second-order valence-electron chi connectivity index (χ2n) is 3.88. The molecule has 0 aliphatic heterocycles. The second kappa shape index (κ2) is 5.67. The van der Waals surface area contributed by atoms with Gasteiger partial charge < -0.3 is 5.32 Å². The van der Waals surface area contributed by atoms with Crippen molar-refractivity contribution in [2.75, 3.05) is 5.32 Å². The maximum absolute atomic E-state index is 13.8. The van der Waals surface area contributed by atoms with E-state index in [1.54, 1.807) is 24.3 Å². The Morgan fingerprint density at radius 1 is 1.33 bits per heavy atom. The Morgan fingerprint density at radius 2 is 2.11 bits per heavy atom. The quantitative estimate of drug-likeness (QED) is 0.817. The molecular weight excluding hydrogens is 319 g/mol. The third-order valence-electron chi connectivity index (χ3n) is 2.51. The van der Waals surface area contributed by atoms with Crippen molar-refractivity contribution in [2.45, 2.75) is 13.0 Å². The van der Waals surface area contributed by atoms with E-state index in [4.69, 9.17) is 11.6 Å². The maximum Gasteiger partial charge on any atom is 0.131 e. The first-order valence-electron chi connectivity index (χ1n) is 5.40. The first-order valence-corrected chi connectivity index (χ1v) is 6.57. The summed E-state index contributed by atoms with van der Waals surface area (Å²) in [6.07, 6.45) is 0. The number of nitrogens with zero attached hydrogens (tertiary/aromatic N) is 1. The SMILES string of the molecule is CC(Nc1cccc(Cl)n1)c1ccc(Br)cc1F. The van der Waals surface area contributed by atoms with Crippen LogP contribution < -0.4 is 5.32 Å². The number of anilines is 1. The van der Waals surface area contributed by atoms with E-state index >= 15 is 0 Å². The summed E-state index contributed by atoms with van der Waals surface area (Å²) in [5.41, 5.74) is 0.583. The highest BCUT2D eigenvalue weighted by molar-refractivity contribution is 9.10. The molecule has 2 rings (SSSR count). The Morgan fingerprint density at radius 3 is 2.78 bits per heavy atom. The van der Waals surface area contributed by atoms with Crippen molar-refractivity contribution in [3.8, 4) is 0 Å². The highest BCUT2D eigenvalue weighted by Gasteiger charge is 2.11. The molecule has 18 heavy (non-hydrogen) atoms. The van der Waals surface area contributed by atoms with Gasteiger partial charge in [-0.15, -0.1) is 0 Å². The van der Waals surface area contributed by atoms with Crippen molar-refractivity contribution >= 4 is 33.3 Å². The van der Waals surface area contributed by atoms with Gasteiger partial charge in [0.25, 0.3) is 0 Å². The summed E-state index contributed by atoms with van der Waals surface area (Å²) in [7, 11) is 0. The molecule has 2 aromatic rings. The van der Waals surface area contributed by atoms with Crippen LogP contribution in [-0.4, -0.2) is 4.98 Å². The summed E-state index contributed by atoms with van der Waals surface area (Å²) < 4.78 is 14.5. The number of hydrogen-bond donors (Lipinski definition) is 1. The van der Waals surface area contributed by atoms with Crippen molar-refractivity contribution < 1.29 is 4.39 Å². The predicted molar refractivity (Wildman–Crippen MR) is 75.4 cm³/mol. The van der Waals surface area contributed by atoms with E-state index < -0.39 is 0 Å². The third-order valence-corrected chi connectivity index (χ3v) is 3.21. The fourth-order valence-corrected chi connectivity index (χ4v) is 2.14. The van der Waals surface area contributed by atoms with E-state index in [0.29, 0.717) is 16.5 Å². The zero-order valence-corrected chi connectivity index (χ0v) is 12.0. The lowest BCUT2D eigenvalue weighted by molar-refractivity contribution is 0.599. The molecule has 0 saturated carbocycles. The van der Waals surface area contributed by atoms with Crippen molar-refractivity contribution in [3.63, 3.8) is 0 Å². The number of aromatic nitrogens is 1. The van der Waals surface area contributed by atoms with Crippen LogP contribution in [0.15, 0.2) is 40.9 Å². The average molecular weight is 330 g/mol. The Hall–Kier alpha value is -1.13. The van der Waals surface area contributed by atoms with Crippen LogP contribution in [0.2, 0.25) is 5.15 Å². The van der Waals surface area contributed by atoms with Crippen LogP contribution in [0.5, 0.6) is 0 Å². The number of nitrogens with one attached hydrogen (secondary N) is 1. The molecule has 0 aliphatic rings. The molecule has 1 atom stereocenters. The highest BCUT2D eigenvalue weighted by Crippen LogP contribution is 2.23. The third kappa shape index (κ3) is 3.21. The highest BCUT2D eigenvalue weighted by atomic mass is 79.9. The van der Waals surface area contributed by atoms with Crippen LogP contribution in [0.3, 0.4) is 0 Å². The molecule has 0 radical (unpaired) electrons. The number of halogens is 3. The molecule has 5 heteroatoms. The van der Waals surface area contributed by atoms with Gasteiger partial charge in [-0.25, -0.2) is 9.37 Å². The Kier molecular flexibility index (Phi) is 4.19. The minimum Gasteiger partial charge on any atom is -0.363 e. The van der Waals surface area contributed by atoms with Crippen LogP contribution in [0, 0.1) is 5.82 Å². The predicted octanol–water partition coefficient (Wildman–Crippen LogP) is 4.81. The minimum atomic E-state index is -0.258. The summed E-state index contributed by atoms with van der Waals surface area (Å²) >= 11 is 9.03. The first kappa shape index (κ1) is 13.3. The summed E-state index contributed by atoms with van der Waals surface area (Å²) in [5, 5.41) is 3.51. The van der Waals surface area contributed by atoms with Gasteiger partial charge >= 0.3 is 0 Å². The number of pyridine rings is 1. The molecule has 0 spiro atoms. The topological polar surface area (TPSA) is 24.9 Å². The molecule has 94 valence electrons. The van der Waals surface area contributed by atoms with Crippen LogP contribution in [0.4, 0.5) is 10.2 Å². The van der Waals surface area contributed by atoms with Gasteiger partial charge in [0, 0.05) is 10.0 Å². The standard InChI is InChI=1S/C13H11BrClFN2/c1-8(10-6-5-9(14)7-11(10)16)17-13-4-2-3-12(15)18-13/h2-8H,1H3,(H,17,18). The van der Waals surface area contributed by atoms with Gasteiger partial charge in [-0.2, -0.15) is 0 Å². The second-order valence-corrected chi connectivity index (χ2v) is 5.18. The zero-order valence-electron chi connectivity index (χ0n) is 9.62. The summed E-state index contributed by atoms with van der Waals surface area (Å²) in [5.74, 6) is 0.365. The van der Waals surface area contributed by atoms with E-state index in [1.165, 1.54) is 6.07 Å². The summed E-state index contributed by atoms with van der Waals surface area (Å²) in [6, 6.07) is 10.1. The van der Waals surface area contributed by atoms with E-state index in [2.05, 4.69) is 26.2 Å². The van der Waals surface area contributed by atoms with Gasteiger partial charge in [0.1, 0.15) is 16.8 Å². The van der Waals surface area contributed by atoms with E-state index in [-0.39, 0.29) is 11.9 Å². The van der Waals surface area contributed by atoms with Gasteiger partial charge in [0.15, 0.2) is 0 Å². The smallest absolute Gasteiger partial charge is 0.131 e. The molecule has 1 heterocycles. The molecule has 1 aromatic carbocycles. The maximum atomic E-state index is 13.8. The monoisotopic (exact) mass is 328 g/mol. The van der Waals surface area contributed by atoms with Crippen LogP contribution in [0.25, 0.3) is 0 Å².